The van der Waals surface area contributed by atoms with Crippen molar-refractivity contribution < 1.29 is 14.3 Å². The summed E-state index contributed by atoms with van der Waals surface area (Å²) in [6.07, 6.45) is 3.02. The quantitative estimate of drug-likeness (QED) is 0.808. The van der Waals surface area contributed by atoms with Crippen molar-refractivity contribution in [2.24, 2.45) is 0 Å². The maximum Gasteiger partial charge on any atom is 0.408 e. The van der Waals surface area contributed by atoms with Crippen LogP contribution in [0.1, 0.15) is 59.8 Å². The predicted octanol–water partition coefficient (Wildman–Crippen LogP) is 2.80. The summed E-state index contributed by atoms with van der Waals surface area (Å²) < 4.78 is 5.26. The Morgan fingerprint density at radius 2 is 1.88 bits per heavy atom. The largest absolute Gasteiger partial charge is 0.444 e. The van der Waals surface area contributed by atoms with Crippen LogP contribution in [0.15, 0.2) is 0 Å². The zero-order valence-corrected chi connectivity index (χ0v) is 11.3. The third-order valence-corrected chi connectivity index (χ3v) is 3.21. The van der Waals surface area contributed by atoms with Gasteiger partial charge in [0.05, 0.1) is 0 Å². The Balaban J connectivity index is 2.57. The summed E-state index contributed by atoms with van der Waals surface area (Å²) in [5.41, 5.74) is -0.736. The lowest BCUT2D eigenvalue weighted by molar-refractivity contribution is -0.121. The zero-order chi connectivity index (χ0) is 13.1. The summed E-state index contributed by atoms with van der Waals surface area (Å²) in [6.45, 7) is 7.56. The van der Waals surface area contributed by atoms with Gasteiger partial charge < -0.3 is 10.1 Å². The summed E-state index contributed by atoms with van der Waals surface area (Å²) in [5.74, 6) is 0.292. The van der Waals surface area contributed by atoms with Gasteiger partial charge in [-0.1, -0.05) is 6.92 Å². The number of nitrogens with one attached hydrogen (secondary N) is 1. The first-order valence-electron chi connectivity index (χ1n) is 6.29. The highest BCUT2D eigenvalue weighted by molar-refractivity contribution is 5.80. The van der Waals surface area contributed by atoms with Crippen molar-refractivity contribution in [1.29, 1.82) is 0 Å². The first kappa shape index (κ1) is 14.0. The molecule has 4 nitrogen and oxygen atoms in total. The number of hydrogen-bond acceptors (Lipinski definition) is 3. The fraction of sp³-hybridized carbons (Fsp3) is 0.846. The number of Topliss-reactive ketones (excluding diaryl/α,β-unsaturated/α-hetero) is 1. The van der Waals surface area contributed by atoms with E-state index in [1.165, 1.54) is 0 Å². The highest BCUT2D eigenvalue weighted by Gasteiger charge is 2.35. The lowest BCUT2D eigenvalue weighted by Gasteiger charge is -2.37. The van der Waals surface area contributed by atoms with Gasteiger partial charge in [0.25, 0.3) is 0 Å². The van der Waals surface area contributed by atoms with Crippen molar-refractivity contribution in [3.63, 3.8) is 0 Å². The van der Waals surface area contributed by atoms with Crippen LogP contribution < -0.4 is 5.32 Å². The van der Waals surface area contributed by atoms with E-state index in [-0.39, 0.29) is 11.6 Å². The number of carbonyl (C=O) groups is 2. The van der Waals surface area contributed by atoms with Gasteiger partial charge in [-0.2, -0.15) is 0 Å². The van der Waals surface area contributed by atoms with E-state index < -0.39 is 5.60 Å². The molecule has 0 heterocycles. The molecule has 0 aromatic rings. The Morgan fingerprint density at radius 3 is 2.29 bits per heavy atom. The molecule has 0 bridgehead atoms. The van der Waals surface area contributed by atoms with Crippen molar-refractivity contribution >= 4 is 11.9 Å². The first-order valence-corrected chi connectivity index (χ1v) is 6.29. The van der Waals surface area contributed by atoms with E-state index >= 15 is 0 Å². The minimum Gasteiger partial charge on any atom is -0.444 e. The summed E-state index contributed by atoms with van der Waals surface area (Å²) in [4.78, 5) is 23.0. The average molecular weight is 241 g/mol. The van der Waals surface area contributed by atoms with Gasteiger partial charge >= 0.3 is 6.09 Å². The van der Waals surface area contributed by atoms with Crippen LogP contribution in [0.3, 0.4) is 0 Å². The third kappa shape index (κ3) is 4.36. The number of hydrogen-bond donors (Lipinski definition) is 1. The minimum atomic E-state index is -0.483. The fourth-order valence-corrected chi connectivity index (χ4v) is 2.09. The van der Waals surface area contributed by atoms with E-state index in [4.69, 9.17) is 4.74 Å². The highest BCUT2D eigenvalue weighted by Crippen LogP contribution is 2.29. The van der Waals surface area contributed by atoms with Crippen molar-refractivity contribution in [2.75, 3.05) is 0 Å². The lowest BCUT2D eigenvalue weighted by atomic mass is 9.79. The van der Waals surface area contributed by atoms with Crippen molar-refractivity contribution in [2.45, 2.75) is 70.9 Å². The fourth-order valence-electron chi connectivity index (χ4n) is 2.09. The van der Waals surface area contributed by atoms with E-state index in [1.807, 2.05) is 27.7 Å². The molecular weight excluding hydrogens is 218 g/mol. The molecule has 98 valence electrons. The molecule has 0 unspecified atom stereocenters. The van der Waals surface area contributed by atoms with Gasteiger partial charge in [0.15, 0.2) is 0 Å². The molecule has 0 spiro atoms. The van der Waals surface area contributed by atoms with E-state index in [0.29, 0.717) is 18.6 Å². The van der Waals surface area contributed by atoms with Gasteiger partial charge in [0.1, 0.15) is 11.4 Å². The van der Waals surface area contributed by atoms with Crippen LogP contribution >= 0.6 is 0 Å². The van der Waals surface area contributed by atoms with Crippen LogP contribution in [0.25, 0.3) is 0 Å². The third-order valence-electron chi connectivity index (χ3n) is 3.21. The molecule has 0 atom stereocenters. The molecule has 1 aliphatic rings. The molecular formula is C13H23NO3. The van der Waals surface area contributed by atoms with Gasteiger partial charge in [-0.3, -0.25) is 4.79 Å². The number of alkyl carbamates (subject to hydrolysis) is 1. The normalized spacial score (nSPS) is 19.9. The molecule has 1 N–H and O–H groups in total. The first-order chi connectivity index (χ1) is 7.76. The standard InChI is InChI=1S/C13H23NO3/c1-5-13(8-6-10(15)7-9-13)14-11(16)17-12(2,3)4/h5-9H2,1-4H3,(H,14,16). The number of rotatable bonds is 2. The molecule has 0 saturated heterocycles. The molecule has 1 aliphatic carbocycles. The van der Waals surface area contributed by atoms with Crippen LogP contribution in [0, 0.1) is 0 Å². The number of ketones is 1. The second-order valence-corrected chi connectivity index (χ2v) is 5.80. The van der Waals surface area contributed by atoms with Gasteiger partial charge in [-0.05, 0) is 40.0 Å². The smallest absolute Gasteiger partial charge is 0.408 e. The Bertz CT molecular complexity index is 294. The highest BCUT2D eigenvalue weighted by atomic mass is 16.6. The summed E-state index contributed by atoms with van der Waals surface area (Å²) >= 11 is 0. The molecule has 1 rings (SSSR count). The maximum atomic E-state index is 11.8. The monoisotopic (exact) mass is 241 g/mol. The topological polar surface area (TPSA) is 55.4 Å². The van der Waals surface area contributed by atoms with Crippen molar-refractivity contribution in [3.05, 3.63) is 0 Å². The Labute approximate surface area is 103 Å². The zero-order valence-electron chi connectivity index (χ0n) is 11.3. The molecule has 0 aromatic heterocycles. The molecule has 1 amide bonds. The van der Waals surface area contributed by atoms with Crippen LogP contribution in [0.4, 0.5) is 4.79 Å². The van der Waals surface area contributed by atoms with Crippen LogP contribution in [-0.4, -0.2) is 23.0 Å². The number of amides is 1. The Kier molecular flexibility index (Phi) is 4.17. The number of ether oxygens (including phenoxy) is 1. The minimum absolute atomic E-state index is 0.254. The van der Waals surface area contributed by atoms with Gasteiger partial charge in [0, 0.05) is 18.4 Å². The molecule has 1 saturated carbocycles. The summed E-state index contributed by atoms with van der Waals surface area (Å²) in [5, 5.41) is 2.95. The second kappa shape index (κ2) is 5.07. The molecule has 17 heavy (non-hydrogen) atoms. The SMILES string of the molecule is CCC1(NC(=O)OC(C)(C)C)CCC(=O)CC1. The Hall–Kier alpha value is -1.06. The lowest BCUT2D eigenvalue weighted by Crippen LogP contribution is -2.51. The molecule has 0 aromatic carbocycles. The van der Waals surface area contributed by atoms with E-state index in [1.54, 1.807) is 0 Å². The maximum absolute atomic E-state index is 11.8. The molecule has 4 heteroatoms. The number of carbonyl (C=O) groups excluding carboxylic acids is 2. The van der Waals surface area contributed by atoms with Gasteiger partial charge in [-0.15, -0.1) is 0 Å². The Morgan fingerprint density at radius 1 is 1.35 bits per heavy atom. The van der Waals surface area contributed by atoms with Crippen LogP contribution in [0.2, 0.25) is 0 Å². The molecule has 0 radical (unpaired) electrons. The molecule has 0 aliphatic heterocycles. The van der Waals surface area contributed by atoms with Crippen molar-refractivity contribution in [3.8, 4) is 0 Å². The van der Waals surface area contributed by atoms with Crippen LogP contribution in [-0.2, 0) is 9.53 Å². The van der Waals surface area contributed by atoms with Crippen LogP contribution in [0.5, 0.6) is 0 Å². The van der Waals surface area contributed by atoms with E-state index in [9.17, 15) is 9.59 Å². The predicted molar refractivity (Wildman–Crippen MR) is 65.9 cm³/mol. The summed E-state index contributed by atoms with van der Waals surface area (Å²) in [6, 6.07) is 0. The second-order valence-electron chi connectivity index (χ2n) is 5.80. The van der Waals surface area contributed by atoms with Gasteiger partial charge in [0.2, 0.25) is 0 Å². The molecule has 1 fully saturated rings. The average Bonchev–Trinajstić information content (AvgIpc) is 2.19. The van der Waals surface area contributed by atoms with Gasteiger partial charge in [-0.25, -0.2) is 4.79 Å². The summed E-state index contributed by atoms with van der Waals surface area (Å²) in [7, 11) is 0. The van der Waals surface area contributed by atoms with E-state index in [2.05, 4.69) is 5.32 Å². The van der Waals surface area contributed by atoms with Crippen molar-refractivity contribution in [1.82, 2.24) is 5.32 Å². The van der Waals surface area contributed by atoms with E-state index in [0.717, 1.165) is 19.3 Å².